The highest BCUT2D eigenvalue weighted by molar-refractivity contribution is 7.85. The van der Waals surface area contributed by atoms with Gasteiger partial charge in [0.1, 0.15) is 6.10 Å². The van der Waals surface area contributed by atoms with Gasteiger partial charge in [-0.05, 0) is 57.8 Å². The summed E-state index contributed by atoms with van der Waals surface area (Å²) in [6.45, 7) is 4.43. The molecule has 0 rings (SSSR count). The second kappa shape index (κ2) is 28.3. The maximum Gasteiger partial charge on any atom is 0.267 e. The van der Waals surface area contributed by atoms with Crippen LogP contribution in [0, 0.1) is 0 Å². The Kier molecular flexibility index (Phi) is 27.3. The lowest BCUT2D eigenvalue weighted by atomic mass is 10.1. The van der Waals surface area contributed by atoms with Crippen molar-refractivity contribution in [3.05, 3.63) is 36.5 Å². The minimum atomic E-state index is -4.44. The molecule has 0 aliphatic heterocycles. The van der Waals surface area contributed by atoms with Gasteiger partial charge in [-0.1, -0.05) is 127 Å². The number of aliphatic hydroxyl groups excluding tert-OH is 2. The zero-order chi connectivity index (χ0) is 31.3. The van der Waals surface area contributed by atoms with E-state index in [9.17, 15) is 28.0 Å². The van der Waals surface area contributed by atoms with Crippen molar-refractivity contribution < 1.29 is 28.0 Å². The van der Waals surface area contributed by atoms with E-state index in [0.29, 0.717) is 12.8 Å². The van der Waals surface area contributed by atoms with Crippen LogP contribution in [0.25, 0.3) is 0 Å². The predicted octanol–water partition coefficient (Wildman–Crippen LogP) is 7.98. The zero-order valence-electron chi connectivity index (χ0n) is 26.7. The SMILES string of the molecule is CCCCC/C=C\CCCCCCC(O)C(=O)NC(CS(=O)(=O)O)C(O)/C=C/CC/C=C/CCCCCCCCCC. The van der Waals surface area contributed by atoms with Crippen LogP contribution >= 0.6 is 0 Å². The Hall–Kier alpha value is -1.48. The third-order valence-corrected chi connectivity index (χ3v) is 8.18. The molecule has 0 spiro atoms. The largest absolute Gasteiger partial charge is 0.387 e. The Morgan fingerprint density at radius 3 is 1.62 bits per heavy atom. The van der Waals surface area contributed by atoms with Gasteiger partial charge in [-0.2, -0.15) is 8.42 Å². The van der Waals surface area contributed by atoms with Crippen molar-refractivity contribution >= 4 is 16.0 Å². The molecule has 0 heterocycles. The van der Waals surface area contributed by atoms with Crippen molar-refractivity contribution in [3.8, 4) is 0 Å². The number of rotatable bonds is 29. The third-order valence-electron chi connectivity index (χ3n) is 7.40. The predicted molar refractivity (Wildman–Crippen MR) is 176 cm³/mol. The second-order valence-corrected chi connectivity index (χ2v) is 13.1. The van der Waals surface area contributed by atoms with Gasteiger partial charge in [0, 0.05) is 0 Å². The maximum atomic E-state index is 12.5. The number of aliphatic hydroxyl groups is 2. The van der Waals surface area contributed by atoms with Crippen molar-refractivity contribution in [2.45, 2.75) is 167 Å². The molecule has 3 atom stereocenters. The van der Waals surface area contributed by atoms with E-state index >= 15 is 0 Å². The summed E-state index contributed by atoms with van der Waals surface area (Å²) >= 11 is 0. The standard InChI is InChI=1S/C34H63NO6S/c1-3-5-7-9-11-13-15-16-17-19-20-22-24-26-28-32(36)31(30-42(39,40)41)35-34(38)33(37)29-27-25-23-21-18-14-12-10-8-6-4-2/h12,14,19-20,26,28,31-33,36-37H,3-11,13,15-18,21-25,27,29-30H2,1-2H3,(H,35,38)(H,39,40,41)/b14-12-,20-19+,28-26+. The molecule has 0 aromatic carbocycles. The summed E-state index contributed by atoms with van der Waals surface area (Å²) in [5.41, 5.74) is 0. The van der Waals surface area contributed by atoms with Gasteiger partial charge in [0.05, 0.1) is 17.9 Å². The van der Waals surface area contributed by atoms with E-state index in [2.05, 4.69) is 43.5 Å². The first-order valence-corrected chi connectivity index (χ1v) is 18.4. The van der Waals surface area contributed by atoms with Gasteiger partial charge < -0.3 is 15.5 Å². The highest BCUT2D eigenvalue weighted by Gasteiger charge is 2.27. The first-order chi connectivity index (χ1) is 20.2. The fourth-order valence-corrected chi connectivity index (χ4v) is 5.49. The van der Waals surface area contributed by atoms with E-state index in [-0.39, 0.29) is 6.42 Å². The number of amides is 1. The molecule has 42 heavy (non-hydrogen) atoms. The molecule has 1 amide bonds. The fourth-order valence-electron chi connectivity index (χ4n) is 4.76. The highest BCUT2D eigenvalue weighted by atomic mass is 32.2. The summed E-state index contributed by atoms with van der Waals surface area (Å²) in [5.74, 6) is -1.57. The lowest BCUT2D eigenvalue weighted by Crippen LogP contribution is -2.50. The first-order valence-electron chi connectivity index (χ1n) is 16.8. The maximum absolute atomic E-state index is 12.5. The van der Waals surface area contributed by atoms with Crippen molar-refractivity contribution in [3.63, 3.8) is 0 Å². The summed E-state index contributed by atoms with van der Waals surface area (Å²) < 4.78 is 32.3. The van der Waals surface area contributed by atoms with E-state index in [0.717, 1.165) is 44.9 Å². The van der Waals surface area contributed by atoms with E-state index in [1.54, 1.807) is 6.08 Å². The van der Waals surface area contributed by atoms with Crippen LogP contribution in [0.1, 0.15) is 149 Å². The molecule has 0 aromatic heterocycles. The van der Waals surface area contributed by atoms with Crippen molar-refractivity contribution in [2.24, 2.45) is 0 Å². The van der Waals surface area contributed by atoms with Crippen LogP contribution in [-0.2, 0) is 14.9 Å². The Balaban J connectivity index is 4.28. The monoisotopic (exact) mass is 613 g/mol. The minimum absolute atomic E-state index is 0.258. The quantitative estimate of drug-likeness (QED) is 0.0385. The molecule has 0 aliphatic carbocycles. The Morgan fingerprint density at radius 2 is 1.07 bits per heavy atom. The Bertz CT molecular complexity index is 824. The van der Waals surface area contributed by atoms with E-state index in [1.165, 1.54) is 76.7 Å². The topological polar surface area (TPSA) is 124 Å². The molecule has 7 nitrogen and oxygen atoms in total. The van der Waals surface area contributed by atoms with Gasteiger partial charge in [-0.25, -0.2) is 0 Å². The number of allylic oxidation sites excluding steroid dienone is 5. The molecule has 246 valence electrons. The molecule has 0 saturated carbocycles. The van der Waals surface area contributed by atoms with Crippen LogP contribution < -0.4 is 5.32 Å². The lowest BCUT2D eigenvalue weighted by Gasteiger charge is -2.22. The summed E-state index contributed by atoms with van der Waals surface area (Å²) in [4.78, 5) is 12.5. The number of hydrogen-bond acceptors (Lipinski definition) is 5. The molecule has 3 unspecified atom stereocenters. The Morgan fingerprint density at radius 1 is 0.643 bits per heavy atom. The van der Waals surface area contributed by atoms with Crippen LogP contribution in [0.2, 0.25) is 0 Å². The summed E-state index contributed by atoms with van der Waals surface area (Å²) in [5, 5.41) is 23.2. The van der Waals surface area contributed by atoms with Crippen LogP contribution in [0.5, 0.6) is 0 Å². The van der Waals surface area contributed by atoms with Crippen LogP contribution in [0.4, 0.5) is 0 Å². The van der Waals surface area contributed by atoms with Crippen LogP contribution in [0.3, 0.4) is 0 Å². The number of hydrogen-bond donors (Lipinski definition) is 4. The van der Waals surface area contributed by atoms with Gasteiger partial charge in [0.2, 0.25) is 5.91 Å². The third kappa shape index (κ3) is 27.4. The smallest absolute Gasteiger partial charge is 0.267 e. The number of nitrogens with one attached hydrogen (secondary N) is 1. The summed E-state index contributed by atoms with van der Waals surface area (Å²) in [7, 11) is -4.44. The molecular formula is C34H63NO6S. The number of carbonyl (C=O) groups is 1. The van der Waals surface area contributed by atoms with Crippen molar-refractivity contribution in [1.82, 2.24) is 5.32 Å². The number of carbonyl (C=O) groups excluding carboxylic acids is 1. The highest BCUT2D eigenvalue weighted by Crippen LogP contribution is 2.12. The average molecular weight is 614 g/mol. The zero-order valence-corrected chi connectivity index (χ0v) is 27.5. The van der Waals surface area contributed by atoms with Gasteiger partial charge in [0.15, 0.2) is 0 Å². The van der Waals surface area contributed by atoms with E-state index < -0.39 is 40.0 Å². The molecule has 0 bridgehead atoms. The normalized spacial score (nSPS) is 14.7. The van der Waals surface area contributed by atoms with Crippen LogP contribution in [-0.4, -0.2) is 53.1 Å². The molecule has 8 heteroatoms. The lowest BCUT2D eigenvalue weighted by molar-refractivity contribution is -0.130. The first kappa shape index (κ1) is 40.5. The van der Waals surface area contributed by atoms with Crippen LogP contribution in [0.15, 0.2) is 36.5 Å². The van der Waals surface area contributed by atoms with Crippen molar-refractivity contribution in [2.75, 3.05) is 5.75 Å². The van der Waals surface area contributed by atoms with Gasteiger partial charge in [-0.15, -0.1) is 0 Å². The second-order valence-electron chi connectivity index (χ2n) is 11.6. The van der Waals surface area contributed by atoms with Crippen molar-refractivity contribution in [1.29, 1.82) is 0 Å². The fraction of sp³-hybridized carbons (Fsp3) is 0.794. The molecule has 0 fully saturated rings. The number of unbranched alkanes of at least 4 members (excludes halogenated alkanes) is 16. The van der Waals surface area contributed by atoms with Gasteiger partial charge in [0.25, 0.3) is 10.1 Å². The van der Waals surface area contributed by atoms with Gasteiger partial charge >= 0.3 is 0 Å². The molecule has 0 aliphatic rings. The average Bonchev–Trinajstić information content (AvgIpc) is 2.94. The van der Waals surface area contributed by atoms with E-state index in [1.807, 2.05) is 0 Å². The minimum Gasteiger partial charge on any atom is -0.387 e. The molecule has 0 aromatic rings. The molecule has 0 radical (unpaired) electrons. The van der Waals surface area contributed by atoms with E-state index in [4.69, 9.17) is 0 Å². The Labute approximate surface area is 258 Å². The van der Waals surface area contributed by atoms with Gasteiger partial charge in [-0.3, -0.25) is 9.35 Å². The molecule has 0 saturated heterocycles. The molecule has 4 N–H and O–H groups in total. The molecular weight excluding hydrogens is 550 g/mol. The summed E-state index contributed by atoms with van der Waals surface area (Å²) in [6.07, 6.45) is 32.0. The summed E-state index contributed by atoms with van der Waals surface area (Å²) in [6, 6.07) is -1.25.